The molecule has 0 saturated carbocycles. The van der Waals surface area contributed by atoms with Gasteiger partial charge in [0.2, 0.25) is 0 Å². The minimum Gasteiger partial charge on any atom is -0.381 e. The Hall–Kier alpha value is -0.900. The van der Waals surface area contributed by atoms with Crippen molar-refractivity contribution in [3.63, 3.8) is 0 Å². The second kappa shape index (κ2) is 15.9. The van der Waals surface area contributed by atoms with Gasteiger partial charge in [0.05, 0.1) is 0 Å². The SMILES string of the molecule is CN=C(NCCCOCC1CCOCC1)NCc1ccccc1CN1CCC(C)CC1.I. The first kappa shape index (κ1) is 27.3. The summed E-state index contributed by atoms with van der Waals surface area (Å²) in [4.78, 5) is 6.97. The summed E-state index contributed by atoms with van der Waals surface area (Å²) in [6.07, 6.45) is 5.87. The average molecular weight is 559 g/mol. The number of aliphatic imine (C=N–C) groups is 1. The fraction of sp³-hybridized carbons (Fsp3) is 0.720. The molecule has 3 rings (SSSR count). The van der Waals surface area contributed by atoms with Crippen LogP contribution >= 0.6 is 24.0 Å². The molecule has 32 heavy (non-hydrogen) atoms. The van der Waals surface area contributed by atoms with Crippen LogP contribution < -0.4 is 10.6 Å². The van der Waals surface area contributed by atoms with Gasteiger partial charge in [0.25, 0.3) is 0 Å². The Morgan fingerprint density at radius 2 is 1.81 bits per heavy atom. The van der Waals surface area contributed by atoms with E-state index in [1.165, 1.54) is 37.1 Å². The minimum absolute atomic E-state index is 0. The Bertz CT molecular complexity index is 659. The molecule has 0 unspecified atom stereocenters. The van der Waals surface area contributed by atoms with E-state index in [9.17, 15) is 0 Å². The van der Waals surface area contributed by atoms with Crippen LogP contribution in [-0.4, -0.2) is 64.0 Å². The smallest absolute Gasteiger partial charge is 0.191 e. The number of hydrogen-bond acceptors (Lipinski definition) is 4. The molecule has 0 aromatic heterocycles. The topological polar surface area (TPSA) is 58.1 Å². The zero-order chi connectivity index (χ0) is 21.7. The Labute approximate surface area is 211 Å². The van der Waals surface area contributed by atoms with Crippen LogP contribution in [0.25, 0.3) is 0 Å². The van der Waals surface area contributed by atoms with Crippen LogP contribution in [0.4, 0.5) is 0 Å². The lowest BCUT2D eigenvalue weighted by Crippen LogP contribution is -2.38. The first-order chi connectivity index (χ1) is 15.2. The van der Waals surface area contributed by atoms with Crippen LogP contribution in [0, 0.1) is 11.8 Å². The monoisotopic (exact) mass is 558 g/mol. The Kier molecular flexibility index (Phi) is 13.5. The van der Waals surface area contributed by atoms with Gasteiger partial charge in [-0.1, -0.05) is 31.2 Å². The van der Waals surface area contributed by atoms with Crippen molar-refractivity contribution in [1.82, 2.24) is 15.5 Å². The third-order valence-corrected chi connectivity index (χ3v) is 6.51. The second-order valence-electron chi connectivity index (χ2n) is 9.06. The Balaban J connectivity index is 0.00000363. The lowest BCUT2D eigenvalue weighted by atomic mass is 9.98. The highest BCUT2D eigenvalue weighted by molar-refractivity contribution is 14.0. The highest BCUT2D eigenvalue weighted by atomic mass is 127. The molecule has 1 aromatic carbocycles. The van der Waals surface area contributed by atoms with Crippen molar-refractivity contribution < 1.29 is 9.47 Å². The fourth-order valence-electron chi connectivity index (χ4n) is 4.29. The number of rotatable bonds is 10. The van der Waals surface area contributed by atoms with Crippen molar-refractivity contribution in [2.24, 2.45) is 16.8 Å². The highest BCUT2D eigenvalue weighted by Gasteiger charge is 2.17. The molecule has 2 saturated heterocycles. The summed E-state index contributed by atoms with van der Waals surface area (Å²) in [7, 11) is 1.83. The summed E-state index contributed by atoms with van der Waals surface area (Å²) < 4.78 is 11.3. The average Bonchev–Trinajstić information content (AvgIpc) is 2.81. The Morgan fingerprint density at radius 3 is 2.53 bits per heavy atom. The summed E-state index contributed by atoms with van der Waals surface area (Å²) in [5.41, 5.74) is 2.77. The number of halogens is 1. The number of nitrogens with zero attached hydrogens (tertiary/aromatic N) is 2. The van der Waals surface area contributed by atoms with Gasteiger partial charge in [-0.2, -0.15) is 0 Å². The summed E-state index contributed by atoms with van der Waals surface area (Å²) in [5, 5.41) is 6.89. The van der Waals surface area contributed by atoms with Gasteiger partial charge in [-0.15, -0.1) is 24.0 Å². The van der Waals surface area contributed by atoms with E-state index >= 15 is 0 Å². The van der Waals surface area contributed by atoms with E-state index < -0.39 is 0 Å². The first-order valence-corrected chi connectivity index (χ1v) is 12.1. The summed E-state index contributed by atoms with van der Waals surface area (Å²) >= 11 is 0. The summed E-state index contributed by atoms with van der Waals surface area (Å²) in [6, 6.07) is 8.77. The van der Waals surface area contributed by atoms with Crippen LogP contribution in [-0.2, 0) is 22.6 Å². The van der Waals surface area contributed by atoms with E-state index in [1.807, 2.05) is 7.05 Å². The zero-order valence-electron chi connectivity index (χ0n) is 20.0. The number of piperidine rings is 1. The van der Waals surface area contributed by atoms with E-state index in [0.717, 1.165) is 77.2 Å². The number of guanidine groups is 1. The minimum atomic E-state index is 0. The van der Waals surface area contributed by atoms with E-state index in [-0.39, 0.29) is 24.0 Å². The van der Waals surface area contributed by atoms with Gasteiger partial charge in [-0.3, -0.25) is 9.89 Å². The van der Waals surface area contributed by atoms with Crippen molar-refractivity contribution in [2.75, 3.05) is 53.1 Å². The molecule has 1 aromatic rings. The molecular formula is C25H43IN4O2. The molecule has 0 radical (unpaired) electrons. The molecule has 7 heteroatoms. The van der Waals surface area contributed by atoms with Crippen LogP contribution in [0.15, 0.2) is 29.3 Å². The van der Waals surface area contributed by atoms with Gasteiger partial charge >= 0.3 is 0 Å². The number of benzene rings is 1. The van der Waals surface area contributed by atoms with E-state index in [0.29, 0.717) is 5.92 Å². The summed E-state index contributed by atoms with van der Waals surface area (Å²) in [5.74, 6) is 2.39. The molecule has 2 aliphatic rings. The lowest BCUT2D eigenvalue weighted by molar-refractivity contribution is 0.0203. The van der Waals surface area contributed by atoms with Gasteiger partial charge in [0.15, 0.2) is 5.96 Å². The molecule has 0 atom stereocenters. The number of ether oxygens (including phenoxy) is 2. The molecule has 182 valence electrons. The van der Waals surface area contributed by atoms with Crippen molar-refractivity contribution in [3.8, 4) is 0 Å². The van der Waals surface area contributed by atoms with Crippen molar-refractivity contribution in [1.29, 1.82) is 0 Å². The molecule has 2 N–H and O–H groups in total. The van der Waals surface area contributed by atoms with Crippen LogP contribution in [0.3, 0.4) is 0 Å². The van der Waals surface area contributed by atoms with Crippen LogP contribution in [0.5, 0.6) is 0 Å². The normalized spacial score (nSPS) is 18.9. The first-order valence-electron chi connectivity index (χ1n) is 12.1. The van der Waals surface area contributed by atoms with Gasteiger partial charge in [0, 0.05) is 53.1 Å². The fourth-order valence-corrected chi connectivity index (χ4v) is 4.29. The molecule has 0 spiro atoms. The third-order valence-electron chi connectivity index (χ3n) is 6.51. The van der Waals surface area contributed by atoms with Gasteiger partial charge in [-0.25, -0.2) is 0 Å². The zero-order valence-corrected chi connectivity index (χ0v) is 22.3. The number of likely N-dealkylation sites (tertiary alicyclic amines) is 1. The molecule has 2 aliphatic heterocycles. The van der Waals surface area contributed by atoms with Crippen molar-refractivity contribution in [2.45, 2.75) is 52.1 Å². The molecule has 2 heterocycles. The maximum atomic E-state index is 5.85. The predicted octanol–water partition coefficient (Wildman–Crippen LogP) is 4.03. The van der Waals surface area contributed by atoms with Crippen LogP contribution in [0.1, 0.15) is 50.2 Å². The molecule has 0 bridgehead atoms. The summed E-state index contributed by atoms with van der Waals surface area (Å²) in [6.45, 7) is 10.9. The number of hydrogen-bond donors (Lipinski definition) is 2. The number of nitrogens with one attached hydrogen (secondary N) is 2. The largest absolute Gasteiger partial charge is 0.381 e. The highest BCUT2D eigenvalue weighted by Crippen LogP contribution is 2.19. The molecule has 2 fully saturated rings. The lowest BCUT2D eigenvalue weighted by Gasteiger charge is -2.30. The van der Waals surface area contributed by atoms with Gasteiger partial charge in [0.1, 0.15) is 0 Å². The van der Waals surface area contributed by atoms with E-state index in [4.69, 9.17) is 9.47 Å². The van der Waals surface area contributed by atoms with Gasteiger partial charge < -0.3 is 20.1 Å². The maximum absolute atomic E-state index is 5.85. The molecular weight excluding hydrogens is 515 g/mol. The van der Waals surface area contributed by atoms with Crippen molar-refractivity contribution in [3.05, 3.63) is 35.4 Å². The maximum Gasteiger partial charge on any atom is 0.191 e. The molecule has 0 aliphatic carbocycles. The van der Waals surface area contributed by atoms with E-state index in [1.54, 1.807) is 0 Å². The van der Waals surface area contributed by atoms with Gasteiger partial charge in [-0.05, 0) is 68.2 Å². The quantitative estimate of drug-likeness (QED) is 0.197. The molecule has 0 amide bonds. The predicted molar refractivity (Wildman–Crippen MR) is 143 cm³/mol. The van der Waals surface area contributed by atoms with E-state index in [2.05, 4.69) is 51.7 Å². The molecule has 6 nitrogen and oxygen atoms in total. The van der Waals surface area contributed by atoms with Crippen LogP contribution in [0.2, 0.25) is 0 Å². The second-order valence-corrected chi connectivity index (χ2v) is 9.06. The standard InChI is InChI=1S/C25H42N4O2.HI/c1-21-8-13-29(14-9-21)19-24-7-4-3-6-23(24)18-28-25(26-2)27-12-5-15-31-20-22-10-16-30-17-11-22;/h3-4,6-7,21-22H,5,8-20H2,1-2H3,(H2,26,27,28);1H. The Morgan fingerprint density at radius 1 is 1.09 bits per heavy atom. The third kappa shape index (κ3) is 9.93. The van der Waals surface area contributed by atoms with Crippen molar-refractivity contribution >= 4 is 29.9 Å².